The molecule has 0 unspecified atom stereocenters. The Morgan fingerprint density at radius 3 is 3.08 bits per heavy atom. The van der Waals surface area contributed by atoms with E-state index in [1.807, 2.05) is 24.7 Å². The molecule has 0 amide bonds. The molecule has 3 heteroatoms. The van der Waals surface area contributed by atoms with Crippen molar-refractivity contribution in [2.24, 2.45) is 0 Å². The Balaban J connectivity index is 2.64. The summed E-state index contributed by atoms with van der Waals surface area (Å²) in [6.45, 7) is 0. The van der Waals surface area contributed by atoms with Gasteiger partial charge < -0.3 is 0 Å². The van der Waals surface area contributed by atoms with Gasteiger partial charge in [0.2, 0.25) is 0 Å². The molecule has 3 heterocycles. The van der Waals surface area contributed by atoms with E-state index in [2.05, 4.69) is 22.1 Å². The predicted octanol–water partition coefficient (Wildman–Crippen LogP) is 1.84. The second-order valence-corrected chi connectivity index (χ2v) is 5.10. The van der Waals surface area contributed by atoms with E-state index in [9.17, 15) is 0 Å². The molecule has 3 aromatic rings. The Kier molecular flexibility index (Phi) is 1.48. The molecule has 0 aliphatic rings. The molecule has 0 aromatic carbocycles. The van der Waals surface area contributed by atoms with Crippen molar-refractivity contribution in [3.8, 4) is 0 Å². The predicted molar refractivity (Wildman–Crippen MR) is 54.0 cm³/mol. The van der Waals surface area contributed by atoms with Gasteiger partial charge in [0.1, 0.15) is 0 Å². The summed E-state index contributed by atoms with van der Waals surface area (Å²) >= 11 is 0.432. The van der Waals surface area contributed by atoms with Crippen molar-refractivity contribution in [2.75, 3.05) is 0 Å². The summed E-state index contributed by atoms with van der Waals surface area (Å²) in [5.74, 6) is 0. The van der Waals surface area contributed by atoms with E-state index in [4.69, 9.17) is 0 Å². The van der Waals surface area contributed by atoms with E-state index in [1.165, 1.54) is 13.9 Å². The molecule has 0 atom stereocenters. The number of nitrogens with zero attached hydrogens (tertiary/aromatic N) is 2. The van der Waals surface area contributed by atoms with Crippen molar-refractivity contribution in [1.29, 1.82) is 0 Å². The van der Waals surface area contributed by atoms with Crippen molar-refractivity contribution in [3.63, 3.8) is 0 Å². The standard InChI is InChI=1S/C10H6N2Se/c1-2-9-10(12-4-1)7-6-11-5-3-8(7)13-9/h1-6H. The number of hydrogen-bond donors (Lipinski definition) is 0. The Labute approximate surface area is 81.0 Å². The van der Waals surface area contributed by atoms with Crippen LogP contribution in [-0.4, -0.2) is 24.5 Å². The Bertz CT molecular complexity index is 521. The van der Waals surface area contributed by atoms with Crippen LogP contribution in [0.3, 0.4) is 0 Å². The molecule has 0 radical (unpaired) electrons. The van der Waals surface area contributed by atoms with Crippen LogP contribution in [0.1, 0.15) is 0 Å². The summed E-state index contributed by atoms with van der Waals surface area (Å²) in [5, 5.41) is 1.22. The van der Waals surface area contributed by atoms with Crippen LogP contribution in [0.2, 0.25) is 0 Å². The van der Waals surface area contributed by atoms with Gasteiger partial charge in [-0.3, -0.25) is 0 Å². The fraction of sp³-hybridized carbons (Fsp3) is 0. The summed E-state index contributed by atoms with van der Waals surface area (Å²) in [5.41, 5.74) is 1.13. The fourth-order valence-corrected chi connectivity index (χ4v) is 3.61. The Morgan fingerprint density at radius 1 is 1.08 bits per heavy atom. The molecule has 0 spiro atoms. The van der Waals surface area contributed by atoms with Crippen LogP contribution in [0, 0.1) is 0 Å². The van der Waals surface area contributed by atoms with Gasteiger partial charge in [0.05, 0.1) is 0 Å². The van der Waals surface area contributed by atoms with Gasteiger partial charge in [0, 0.05) is 0 Å². The van der Waals surface area contributed by atoms with Crippen molar-refractivity contribution >= 4 is 33.9 Å². The number of rotatable bonds is 0. The normalized spacial score (nSPS) is 11.1. The molecule has 0 saturated carbocycles. The van der Waals surface area contributed by atoms with Crippen molar-refractivity contribution in [2.45, 2.75) is 0 Å². The molecular weight excluding hydrogens is 227 g/mol. The summed E-state index contributed by atoms with van der Waals surface area (Å²) in [4.78, 5) is 8.50. The Hall–Kier alpha value is -1.18. The molecule has 3 aromatic heterocycles. The molecule has 0 aliphatic heterocycles. The van der Waals surface area contributed by atoms with Crippen LogP contribution in [0.25, 0.3) is 19.4 Å². The summed E-state index contributed by atoms with van der Waals surface area (Å²) < 4.78 is 2.77. The van der Waals surface area contributed by atoms with Gasteiger partial charge in [-0.25, -0.2) is 0 Å². The number of aromatic nitrogens is 2. The van der Waals surface area contributed by atoms with E-state index >= 15 is 0 Å². The average Bonchev–Trinajstić information content (AvgIpc) is 2.56. The topological polar surface area (TPSA) is 25.8 Å². The van der Waals surface area contributed by atoms with Crippen LogP contribution < -0.4 is 0 Å². The molecule has 0 N–H and O–H groups in total. The maximum atomic E-state index is 4.38. The third kappa shape index (κ3) is 1.01. The number of fused-ring (bicyclic) bond motifs is 3. The monoisotopic (exact) mass is 234 g/mol. The van der Waals surface area contributed by atoms with E-state index in [0.29, 0.717) is 14.5 Å². The van der Waals surface area contributed by atoms with Gasteiger partial charge in [0.15, 0.2) is 0 Å². The molecule has 0 aliphatic carbocycles. The molecule has 0 bridgehead atoms. The van der Waals surface area contributed by atoms with Crippen LogP contribution in [0.15, 0.2) is 36.8 Å². The van der Waals surface area contributed by atoms with Crippen molar-refractivity contribution in [3.05, 3.63) is 36.8 Å². The first-order valence-electron chi connectivity index (χ1n) is 4.02. The van der Waals surface area contributed by atoms with Crippen molar-refractivity contribution in [1.82, 2.24) is 9.97 Å². The van der Waals surface area contributed by atoms with Gasteiger partial charge in [-0.15, -0.1) is 0 Å². The molecule has 0 saturated heterocycles. The Morgan fingerprint density at radius 2 is 2.08 bits per heavy atom. The molecular formula is C10H6N2Se. The van der Waals surface area contributed by atoms with Crippen LogP contribution in [0.4, 0.5) is 0 Å². The summed E-state index contributed by atoms with van der Waals surface area (Å²) in [6.07, 6.45) is 5.61. The average molecular weight is 233 g/mol. The zero-order valence-corrected chi connectivity index (χ0v) is 8.48. The van der Waals surface area contributed by atoms with E-state index in [-0.39, 0.29) is 0 Å². The SMILES string of the molecule is c1cnc2c(c1)[se]c1ccncc12. The van der Waals surface area contributed by atoms with Crippen LogP contribution in [-0.2, 0) is 0 Å². The summed E-state index contributed by atoms with van der Waals surface area (Å²) in [6, 6.07) is 6.25. The first-order valence-corrected chi connectivity index (χ1v) is 5.74. The van der Waals surface area contributed by atoms with E-state index < -0.39 is 0 Å². The third-order valence-electron chi connectivity index (χ3n) is 2.03. The maximum absolute atomic E-state index is 4.38. The van der Waals surface area contributed by atoms with Crippen LogP contribution >= 0.6 is 0 Å². The van der Waals surface area contributed by atoms with Crippen molar-refractivity contribution < 1.29 is 0 Å². The zero-order chi connectivity index (χ0) is 8.67. The fourth-order valence-electron chi connectivity index (χ4n) is 1.44. The van der Waals surface area contributed by atoms with E-state index in [1.54, 1.807) is 0 Å². The van der Waals surface area contributed by atoms with Gasteiger partial charge in [0.25, 0.3) is 0 Å². The molecule has 0 fully saturated rings. The summed E-state index contributed by atoms with van der Waals surface area (Å²) in [7, 11) is 0. The second-order valence-electron chi connectivity index (χ2n) is 2.82. The van der Waals surface area contributed by atoms with Crippen LogP contribution in [0.5, 0.6) is 0 Å². The van der Waals surface area contributed by atoms with Gasteiger partial charge in [-0.2, -0.15) is 0 Å². The zero-order valence-electron chi connectivity index (χ0n) is 6.77. The second kappa shape index (κ2) is 2.66. The number of pyridine rings is 2. The third-order valence-corrected chi connectivity index (χ3v) is 4.39. The first kappa shape index (κ1) is 7.24. The van der Waals surface area contributed by atoms with Gasteiger partial charge in [-0.05, 0) is 0 Å². The molecule has 2 nitrogen and oxygen atoms in total. The minimum absolute atomic E-state index is 0.432. The number of hydrogen-bond acceptors (Lipinski definition) is 2. The molecule has 62 valence electrons. The minimum atomic E-state index is 0.432. The molecule has 13 heavy (non-hydrogen) atoms. The molecule has 3 rings (SSSR count). The van der Waals surface area contributed by atoms with Gasteiger partial charge in [-0.1, -0.05) is 0 Å². The quantitative estimate of drug-likeness (QED) is 0.554. The first-order chi connectivity index (χ1) is 6.45. The van der Waals surface area contributed by atoms with Gasteiger partial charge >= 0.3 is 80.7 Å². The van der Waals surface area contributed by atoms with E-state index in [0.717, 1.165) is 5.52 Å².